The Labute approximate surface area is 100 Å². The lowest BCUT2D eigenvalue weighted by atomic mass is 9.94. The summed E-state index contributed by atoms with van der Waals surface area (Å²) in [6.07, 6.45) is 5.60. The van der Waals surface area contributed by atoms with Crippen LogP contribution in [0, 0.1) is 0 Å². The highest BCUT2D eigenvalue weighted by Crippen LogP contribution is 2.34. The fourth-order valence-corrected chi connectivity index (χ4v) is 2.91. The molecule has 0 N–H and O–H groups in total. The molecule has 0 atom stereocenters. The number of anilines is 1. The molecule has 1 aromatic carbocycles. The zero-order valence-electron chi connectivity index (χ0n) is 9.69. The number of rotatable bonds is 1. The summed E-state index contributed by atoms with van der Waals surface area (Å²) in [6, 6.07) is 7.56. The van der Waals surface area contributed by atoms with Crippen molar-refractivity contribution in [3.8, 4) is 0 Å². The summed E-state index contributed by atoms with van der Waals surface area (Å²) in [6.45, 7) is 0. The number of hydrogen-bond acceptors (Lipinski definition) is 2. The number of nitrogens with zero attached hydrogens (tertiary/aromatic N) is 1. The van der Waals surface area contributed by atoms with Gasteiger partial charge in [-0.05, 0) is 25.0 Å². The van der Waals surface area contributed by atoms with Crippen LogP contribution in [-0.4, -0.2) is 17.7 Å². The Morgan fingerprint density at radius 3 is 2.47 bits per heavy atom. The zero-order chi connectivity index (χ0) is 11.8. The van der Waals surface area contributed by atoms with Gasteiger partial charge in [-0.25, -0.2) is 0 Å². The van der Waals surface area contributed by atoms with Crippen LogP contribution in [0.3, 0.4) is 0 Å². The number of ketones is 1. The van der Waals surface area contributed by atoms with Crippen molar-refractivity contribution in [1.29, 1.82) is 0 Å². The molecule has 1 aliphatic carbocycles. The van der Waals surface area contributed by atoms with Crippen molar-refractivity contribution >= 4 is 17.4 Å². The molecule has 0 unspecified atom stereocenters. The largest absolute Gasteiger partial charge is 0.302 e. The predicted octanol–water partition coefficient (Wildman–Crippen LogP) is 2.55. The summed E-state index contributed by atoms with van der Waals surface area (Å²) in [5, 5.41) is 0. The molecule has 1 heterocycles. The van der Waals surface area contributed by atoms with E-state index in [-0.39, 0.29) is 17.7 Å². The molecule has 1 amide bonds. The Morgan fingerprint density at radius 1 is 1.00 bits per heavy atom. The number of fused-ring (bicyclic) bond motifs is 1. The van der Waals surface area contributed by atoms with Gasteiger partial charge < -0.3 is 4.90 Å². The third kappa shape index (κ3) is 1.57. The average molecular weight is 229 g/mol. The lowest BCUT2D eigenvalue weighted by Gasteiger charge is -2.30. The van der Waals surface area contributed by atoms with Crippen LogP contribution in [0.25, 0.3) is 0 Å². The molecule has 1 aromatic rings. The Balaban J connectivity index is 1.99. The third-order valence-corrected chi connectivity index (χ3v) is 3.76. The smallest absolute Gasteiger partial charge is 0.299 e. The predicted molar refractivity (Wildman–Crippen MR) is 65.1 cm³/mol. The summed E-state index contributed by atoms with van der Waals surface area (Å²) in [5.74, 6) is -0.677. The normalized spacial score (nSPS) is 20.8. The highest BCUT2D eigenvalue weighted by Gasteiger charge is 2.39. The van der Waals surface area contributed by atoms with Gasteiger partial charge in [0.05, 0.1) is 11.3 Å². The molecule has 88 valence electrons. The van der Waals surface area contributed by atoms with Gasteiger partial charge in [0.15, 0.2) is 0 Å². The molecule has 3 nitrogen and oxygen atoms in total. The first-order valence-corrected chi connectivity index (χ1v) is 6.26. The van der Waals surface area contributed by atoms with Crippen molar-refractivity contribution in [1.82, 2.24) is 0 Å². The standard InChI is InChI=1S/C14H15NO2/c16-13-11-8-4-5-9-12(11)15(14(13)17)10-6-2-1-3-7-10/h4-5,8-10H,1-3,6-7H2. The number of carbonyl (C=O) groups is 2. The average Bonchev–Trinajstić information content (AvgIpc) is 2.64. The number of Topliss-reactive ketones (excluding diaryl/α,β-unsaturated/α-hetero) is 1. The molecule has 1 aliphatic heterocycles. The van der Waals surface area contributed by atoms with Crippen LogP contribution in [0.1, 0.15) is 42.5 Å². The Kier molecular flexibility index (Phi) is 2.46. The molecule has 0 spiro atoms. The maximum Gasteiger partial charge on any atom is 0.299 e. The van der Waals surface area contributed by atoms with Crippen molar-refractivity contribution < 1.29 is 9.59 Å². The second kappa shape index (κ2) is 3.99. The minimum atomic E-state index is -0.342. The van der Waals surface area contributed by atoms with Crippen LogP contribution < -0.4 is 4.90 Å². The van der Waals surface area contributed by atoms with Gasteiger partial charge in [0.25, 0.3) is 11.7 Å². The fraction of sp³-hybridized carbons (Fsp3) is 0.429. The molecular weight excluding hydrogens is 214 g/mol. The van der Waals surface area contributed by atoms with Crippen molar-refractivity contribution in [3.63, 3.8) is 0 Å². The molecule has 2 aliphatic rings. The van der Waals surface area contributed by atoms with Gasteiger partial charge in [-0.3, -0.25) is 9.59 Å². The van der Waals surface area contributed by atoms with Gasteiger partial charge in [0, 0.05) is 6.04 Å². The SMILES string of the molecule is O=C1C(=O)N(C2CCCCC2)c2ccccc21. The highest BCUT2D eigenvalue weighted by atomic mass is 16.2. The lowest BCUT2D eigenvalue weighted by molar-refractivity contribution is -0.114. The topological polar surface area (TPSA) is 37.4 Å². The van der Waals surface area contributed by atoms with Crippen molar-refractivity contribution in [2.24, 2.45) is 0 Å². The van der Waals surface area contributed by atoms with Crippen LogP contribution in [-0.2, 0) is 4.79 Å². The van der Waals surface area contributed by atoms with Crippen LogP contribution in [0.4, 0.5) is 5.69 Å². The van der Waals surface area contributed by atoms with Crippen LogP contribution >= 0.6 is 0 Å². The van der Waals surface area contributed by atoms with Crippen molar-refractivity contribution in [2.45, 2.75) is 38.1 Å². The second-order valence-corrected chi connectivity index (χ2v) is 4.81. The summed E-state index contributed by atoms with van der Waals surface area (Å²) in [4.78, 5) is 25.6. The van der Waals surface area contributed by atoms with Gasteiger partial charge >= 0.3 is 0 Å². The van der Waals surface area contributed by atoms with E-state index in [1.807, 2.05) is 18.2 Å². The lowest BCUT2D eigenvalue weighted by Crippen LogP contribution is -2.40. The summed E-state index contributed by atoms with van der Waals surface area (Å²) >= 11 is 0. The zero-order valence-corrected chi connectivity index (χ0v) is 9.69. The molecular formula is C14H15NO2. The number of carbonyl (C=O) groups excluding carboxylic acids is 2. The van der Waals surface area contributed by atoms with E-state index in [4.69, 9.17) is 0 Å². The summed E-state index contributed by atoms with van der Waals surface area (Å²) in [7, 11) is 0. The van der Waals surface area contributed by atoms with Crippen LogP contribution in [0.15, 0.2) is 24.3 Å². The highest BCUT2D eigenvalue weighted by molar-refractivity contribution is 6.52. The van der Waals surface area contributed by atoms with E-state index < -0.39 is 0 Å². The van der Waals surface area contributed by atoms with Crippen molar-refractivity contribution in [2.75, 3.05) is 4.90 Å². The van der Waals surface area contributed by atoms with E-state index in [0.717, 1.165) is 31.4 Å². The van der Waals surface area contributed by atoms with E-state index >= 15 is 0 Å². The van der Waals surface area contributed by atoms with E-state index in [9.17, 15) is 9.59 Å². The maximum atomic E-state index is 12.0. The van der Waals surface area contributed by atoms with E-state index in [0.29, 0.717) is 5.56 Å². The van der Waals surface area contributed by atoms with Gasteiger partial charge in [0.2, 0.25) is 0 Å². The monoisotopic (exact) mass is 229 g/mol. The molecule has 1 saturated carbocycles. The number of amides is 1. The minimum absolute atomic E-state index is 0.226. The van der Waals surface area contributed by atoms with Crippen LogP contribution in [0.5, 0.6) is 0 Å². The molecule has 0 radical (unpaired) electrons. The van der Waals surface area contributed by atoms with Gasteiger partial charge in [0.1, 0.15) is 0 Å². The van der Waals surface area contributed by atoms with Gasteiger partial charge in [-0.2, -0.15) is 0 Å². The molecule has 0 aromatic heterocycles. The van der Waals surface area contributed by atoms with Gasteiger partial charge in [-0.1, -0.05) is 31.4 Å². The third-order valence-electron chi connectivity index (χ3n) is 3.76. The molecule has 0 saturated heterocycles. The molecule has 0 bridgehead atoms. The first kappa shape index (κ1) is 10.5. The molecule has 3 rings (SSSR count). The Hall–Kier alpha value is -1.64. The number of para-hydroxylation sites is 1. The van der Waals surface area contributed by atoms with Gasteiger partial charge in [-0.15, -0.1) is 0 Å². The quantitative estimate of drug-likeness (QED) is 0.694. The molecule has 1 fully saturated rings. The number of benzene rings is 1. The molecule has 17 heavy (non-hydrogen) atoms. The Bertz CT molecular complexity index is 475. The summed E-state index contributed by atoms with van der Waals surface area (Å²) < 4.78 is 0. The van der Waals surface area contributed by atoms with Crippen molar-refractivity contribution in [3.05, 3.63) is 29.8 Å². The fourth-order valence-electron chi connectivity index (χ4n) is 2.91. The summed E-state index contributed by atoms with van der Waals surface area (Å²) in [5.41, 5.74) is 1.39. The van der Waals surface area contributed by atoms with E-state index in [2.05, 4.69) is 0 Å². The maximum absolute atomic E-state index is 12.0. The second-order valence-electron chi connectivity index (χ2n) is 4.81. The number of hydrogen-bond donors (Lipinski definition) is 0. The van der Waals surface area contributed by atoms with Crippen LogP contribution in [0.2, 0.25) is 0 Å². The van der Waals surface area contributed by atoms with E-state index in [1.165, 1.54) is 6.42 Å². The van der Waals surface area contributed by atoms with E-state index in [1.54, 1.807) is 11.0 Å². The molecule has 3 heteroatoms. The first-order valence-electron chi connectivity index (χ1n) is 6.26. The Morgan fingerprint density at radius 2 is 1.71 bits per heavy atom. The minimum Gasteiger partial charge on any atom is -0.302 e. The first-order chi connectivity index (χ1) is 8.29.